The summed E-state index contributed by atoms with van der Waals surface area (Å²) in [6.07, 6.45) is 4.58. The first-order valence-electron chi connectivity index (χ1n) is 6.05. The molecule has 0 bridgehead atoms. The van der Waals surface area contributed by atoms with Crippen molar-refractivity contribution in [1.29, 1.82) is 0 Å². The highest BCUT2D eigenvalue weighted by Gasteiger charge is 2.18. The second-order valence-corrected chi connectivity index (χ2v) is 4.07. The fourth-order valence-electron chi connectivity index (χ4n) is 2.20. The van der Waals surface area contributed by atoms with Crippen molar-refractivity contribution in [3.8, 4) is 0 Å². The summed E-state index contributed by atoms with van der Waals surface area (Å²) in [4.78, 5) is 7.11. The first-order chi connectivity index (χ1) is 8.27. The van der Waals surface area contributed by atoms with Gasteiger partial charge in [0.15, 0.2) is 0 Å². The number of aliphatic hydroxyl groups excluding tert-OH is 1. The van der Waals surface area contributed by atoms with Crippen LogP contribution < -0.4 is 0 Å². The molecule has 0 spiro atoms. The number of aromatic amines is 1. The lowest BCUT2D eigenvalue weighted by Crippen LogP contribution is -2.08. The number of imidazole rings is 1. The molecule has 0 aliphatic carbocycles. The maximum absolute atomic E-state index is 10.4. The van der Waals surface area contributed by atoms with Gasteiger partial charge in [0.25, 0.3) is 0 Å². The lowest BCUT2D eigenvalue weighted by molar-refractivity contribution is 0.209. The Hall–Kier alpha value is -1.61. The van der Waals surface area contributed by atoms with E-state index in [4.69, 9.17) is 0 Å². The van der Waals surface area contributed by atoms with Crippen LogP contribution in [0.2, 0.25) is 0 Å². The van der Waals surface area contributed by atoms with Crippen molar-refractivity contribution in [2.24, 2.45) is 0 Å². The number of nitrogens with zero attached hydrogens (tertiary/aromatic N) is 1. The number of hydrogen-bond donors (Lipinski definition) is 2. The Morgan fingerprint density at radius 3 is 2.35 bits per heavy atom. The zero-order valence-electron chi connectivity index (χ0n) is 10.3. The Balaban J connectivity index is 2.49. The van der Waals surface area contributed by atoms with Gasteiger partial charge in [0.05, 0.1) is 0 Å². The highest BCUT2D eigenvalue weighted by atomic mass is 16.3. The Labute approximate surface area is 102 Å². The molecule has 2 N–H and O–H groups in total. The van der Waals surface area contributed by atoms with Gasteiger partial charge in [0, 0.05) is 12.4 Å². The van der Waals surface area contributed by atoms with Gasteiger partial charge in [-0.2, -0.15) is 0 Å². The predicted molar refractivity (Wildman–Crippen MR) is 67.8 cm³/mol. The fourth-order valence-corrected chi connectivity index (χ4v) is 2.20. The fraction of sp³-hybridized carbons (Fsp3) is 0.357. The number of aryl methyl sites for hydroxylation is 2. The largest absolute Gasteiger partial charge is 0.380 e. The van der Waals surface area contributed by atoms with Crippen LogP contribution in [0.5, 0.6) is 0 Å². The summed E-state index contributed by atoms with van der Waals surface area (Å²) in [5.74, 6) is 0.612. The van der Waals surface area contributed by atoms with E-state index >= 15 is 0 Å². The van der Waals surface area contributed by atoms with E-state index in [1.165, 1.54) is 11.1 Å². The molecule has 90 valence electrons. The standard InChI is InChI=1S/C14H18N2O/c1-3-10-6-5-7-11(4-2)12(10)13(17)14-15-8-9-16-14/h5-9,13,17H,3-4H2,1-2H3,(H,15,16)/t13-/m0/s1. The van der Waals surface area contributed by atoms with Crippen LogP contribution in [0.15, 0.2) is 30.6 Å². The molecule has 1 aromatic carbocycles. The molecule has 0 fully saturated rings. The molecule has 0 saturated carbocycles. The van der Waals surface area contributed by atoms with Gasteiger partial charge in [-0.1, -0.05) is 32.0 Å². The predicted octanol–water partition coefficient (Wildman–Crippen LogP) is 2.62. The molecule has 2 rings (SSSR count). The van der Waals surface area contributed by atoms with Crippen LogP contribution in [-0.4, -0.2) is 15.1 Å². The van der Waals surface area contributed by atoms with Crippen molar-refractivity contribution in [2.45, 2.75) is 32.8 Å². The van der Waals surface area contributed by atoms with Gasteiger partial charge < -0.3 is 10.1 Å². The van der Waals surface area contributed by atoms with Crippen LogP contribution in [0.25, 0.3) is 0 Å². The Bertz CT molecular complexity index is 455. The van der Waals surface area contributed by atoms with E-state index in [2.05, 4.69) is 42.0 Å². The van der Waals surface area contributed by atoms with Gasteiger partial charge in [0.2, 0.25) is 0 Å². The summed E-state index contributed by atoms with van der Waals surface area (Å²) in [7, 11) is 0. The maximum atomic E-state index is 10.4. The number of aromatic nitrogens is 2. The summed E-state index contributed by atoms with van der Waals surface area (Å²) in [6, 6.07) is 6.19. The summed E-state index contributed by atoms with van der Waals surface area (Å²) in [6.45, 7) is 4.21. The van der Waals surface area contributed by atoms with Crippen LogP contribution in [0.3, 0.4) is 0 Å². The van der Waals surface area contributed by atoms with Gasteiger partial charge in [-0.05, 0) is 29.5 Å². The van der Waals surface area contributed by atoms with Crippen molar-refractivity contribution in [2.75, 3.05) is 0 Å². The van der Waals surface area contributed by atoms with Crippen molar-refractivity contribution in [3.63, 3.8) is 0 Å². The lowest BCUT2D eigenvalue weighted by atomic mass is 9.93. The minimum atomic E-state index is -0.656. The van der Waals surface area contributed by atoms with Gasteiger partial charge in [0.1, 0.15) is 11.9 Å². The highest BCUT2D eigenvalue weighted by Crippen LogP contribution is 2.27. The van der Waals surface area contributed by atoms with Gasteiger partial charge in [-0.3, -0.25) is 0 Å². The molecule has 1 heterocycles. The van der Waals surface area contributed by atoms with Gasteiger partial charge in [-0.15, -0.1) is 0 Å². The summed E-state index contributed by atoms with van der Waals surface area (Å²) in [5.41, 5.74) is 3.38. The third kappa shape index (κ3) is 2.24. The van der Waals surface area contributed by atoms with E-state index in [9.17, 15) is 5.11 Å². The second kappa shape index (κ2) is 5.15. The van der Waals surface area contributed by atoms with E-state index in [0.29, 0.717) is 5.82 Å². The first kappa shape index (κ1) is 11.9. The zero-order chi connectivity index (χ0) is 12.3. The van der Waals surface area contributed by atoms with Crippen LogP contribution in [0.1, 0.15) is 42.5 Å². The van der Waals surface area contributed by atoms with Crippen molar-refractivity contribution < 1.29 is 5.11 Å². The Morgan fingerprint density at radius 2 is 1.88 bits per heavy atom. The molecule has 17 heavy (non-hydrogen) atoms. The third-order valence-corrected chi connectivity index (χ3v) is 3.10. The maximum Gasteiger partial charge on any atom is 0.139 e. The smallest absolute Gasteiger partial charge is 0.139 e. The molecule has 0 unspecified atom stereocenters. The number of H-pyrrole nitrogens is 1. The van der Waals surface area contributed by atoms with E-state index < -0.39 is 6.10 Å². The second-order valence-electron chi connectivity index (χ2n) is 4.07. The summed E-state index contributed by atoms with van der Waals surface area (Å²) >= 11 is 0. The van der Waals surface area contributed by atoms with Gasteiger partial charge in [-0.25, -0.2) is 4.98 Å². The minimum absolute atomic E-state index is 0.612. The van der Waals surface area contributed by atoms with E-state index in [1.54, 1.807) is 12.4 Å². The van der Waals surface area contributed by atoms with Gasteiger partial charge >= 0.3 is 0 Å². The van der Waals surface area contributed by atoms with Crippen LogP contribution >= 0.6 is 0 Å². The normalized spacial score (nSPS) is 12.6. The topological polar surface area (TPSA) is 48.9 Å². The highest BCUT2D eigenvalue weighted by molar-refractivity contribution is 5.39. The van der Waals surface area contributed by atoms with Crippen LogP contribution in [-0.2, 0) is 12.8 Å². The summed E-state index contributed by atoms with van der Waals surface area (Å²) < 4.78 is 0. The Kier molecular flexibility index (Phi) is 3.59. The molecular weight excluding hydrogens is 212 g/mol. The number of rotatable bonds is 4. The average molecular weight is 230 g/mol. The number of hydrogen-bond acceptors (Lipinski definition) is 2. The third-order valence-electron chi connectivity index (χ3n) is 3.10. The van der Waals surface area contributed by atoms with E-state index in [1.807, 2.05) is 0 Å². The molecule has 0 amide bonds. The van der Waals surface area contributed by atoms with E-state index in [0.717, 1.165) is 18.4 Å². The molecule has 3 heteroatoms. The molecule has 0 aliphatic rings. The molecule has 1 aromatic heterocycles. The van der Waals surface area contributed by atoms with Crippen molar-refractivity contribution >= 4 is 0 Å². The first-order valence-corrected chi connectivity index (χ1v) is 6.05. The number of aliphatic hydroxyl groups is 1. The SMILES string of the molecule is CCc1cccc(CC)c1[C@H](O)c1ncc[nH]1. The number of nitrogens with one attached hydrogen (secondary N) is 1. The molecule has 0 aliphatic heterocycles. The minimum Gasteiger partial charge on any atom is -0.380 e. The molecule has 0 saturated heterocycles. The molecule has 3 nitrogen and oxygen atoms in total. The lowest BCUT2D eigenvalue weighted by Gasteiger charge is -2.17. The number of benzene rings is 1. The Morgan fingerprint density at radius 1 is 1.24 bits per heavy atom. The molecule has 1 atom stereocenters. The zero-order valence-corrected chi connectivity index (χ0v) is 10.3. The van der Waals surface area contributed by atoms with Crippen LogP contribution in [0, 0.1) is 0 Å². The molecule has 2 aromatic rings. The summed E-state index contributed by atoms with van der Waals surface area (Å²) in [5, 5.41) is 10.4. The monoisotopic (exact) mass is 230 g/mol. The van der Waals surface area contributed by atoms with E-state index in [-0.39, 0.29) is 0 Å². The van der Waals surface area contributed by atoms with Crippen molar-refractivity contribution in [1.82, 2.24) is 9.97 Å². The quantitative estimate of drug-likeness (QED) is 0.848. The average Bonchev–Trinajstić information content (AvgIpc) is 2.90. The molecule has 0 radical (unpaired) electrons. The van der Waals surface area contributed by atoms with Crippen molar-refractivity contribution in [3.05, 3.63) is 53.1 Å². The van der Waals surface area contributed by atoms with Crippen LogP contribution in [0.4, 0.5) is 0 Å². The molecular formula is C14H18N2O.